The highest BCUT2D eigenvalue weighted by Gasteiger charge is 2.38. The minimum Gasteiger partial charge on any atom is -0.310 e. The molecule has 0 saturated heterocycles. The van der Waals surface area contributed by atoms with E-state index in [1.54, 1.807) is 0 Å². The van der Waals surface area contributed by atoms with Crippen molar-refractivity contribution in [1.29, 1.82) is 0 Å². The molecule has 69 heavy (non-hydrogen) atoms. The molecule has 2 aliphatic rings. The first-order chi connectivity index (χ1) is 33.7. The molecule has 13 rings (SSSR count). The Balaban J connectivity index is 0.894. The van der Waals surface area contributed by atoms with Crippen LogP contribution in [0.3, 0.4) is 0 Å². The molecular formula is C68H51N. The normalized spacial score (nSPS) is 13.7. The molecule has 2 aliphatic carbocycles. The number of fused-ring (bicyclic) bond motifs is 8. The zero-order chi connectivity index (χ0) is 46.4. The van der Waals surface area contributed by atoms with Crippen molar-refractivity contribution in [1.82, 2.24) is 0 Å². The fourth-order valence-corrected chi connectivity index (χ4v) is 11.6. The first-order valence-electron chi connectivity index (χ1n) is 24.3. The summed E-state index contributed by atoms with van der Waals surface area (Å²) in [7, 11) is 0. The van der Waals surface area contributed by atoms with Crippen LogP contribution in [0.5, 0.6) is 0 Å². The third-order valence-electron chi connectivity index (χ3n) is 15.5. The minimum atomic E-state index is -0.209. The average Bonchev–Trinajstić information content (AvgIpc) is 3.76. The smallest absolute Gasteiger partial charge is 0.0465 e. The van der Waals surface area contributed by atoms with E-state index in [0.29, 0.717) is 0 Å². The van der Waals surface area contributed by atoms with Crippen molar-refractivity contribution < 1.29 is 0 Å². The van der Waals surface area contributed by atoms with Crippen LogP contribution in [0.25, 0.3) is 88.3 Å². The first kappa shape index (κ1) is 41.0. The Morgan fingerprint density at radius 3 is 0.986 bits per heavy atom. The van der Waals surface area contributed by atoms with Gasteiger partial charge >= 0.3 is 0 Å². The van der Waals surface area contributed by atoms with Gasteiger partial charge in [-0.2, -0.15) is 0 Å². The maximum Gasteiger partial charge on any atom is 0.0465 e. The van der Waals surface area contributed by atoms with Gasteiger partial charge in [0.25, 0.3) is 0 Å². The molecule has 0 aromatic heterocycles. The van der Waals surface area contributed by atoms with Crippen LogP contribution < -0.4 is 4.90 Å². The quantitative estimate of drug-likeness (QED) is 0.154. The molecule has 0 amide bonds. The third-order valence-corrected chi connectivity index (χ3v) is 15.5. The van der Waals surface area contributed by atoms with E-state index in [9.17, 15) is 0 Å². The Bertz CT molecular complexity index is 3630. The topological polar surface area (TPSA) is 3.24 Å². The van der Waals surface area contributed by atoms with E-state index in [0.717, 1.165) is 17.1 Å². The molecule has 1 heteroatoms. The van der Waals surface area contributed by atoms with Crippen molar-refractivity contribution in [3.05, 3.63) is 259 Å². The van der Waals surface area contributed by atoms with E-state index in [-0.39, 0.29) is 10.8 Å². The standard InChI is InChI=1S/C68H51N/c1-67(2)63-40-54(52-24-22-45-14-8-10-16-50(45)38-52)28-34-59(63)61-36-32-57(42-65(61)67)69(56-30-26-49(27-31-56)48-20-18-47(19-21-48)44-12-6-5-7-13-44)58-33-37-62-60-35-29-55(41-64(60)68(3,4)66(62)43-58)53-25-23-46-15-9-11-17-51(46)39-53/h5-43H,1-4H3. The van der Waals surface area contributed by atoms with Gasteiger partial charge in [-0.05, 0) is 171 Å². The molecule has 0 unspecified atom stereocenters. The predicted octanol–water partition coefficient (Wildman–Crippen LogP) is 18.7. The first-order valence-corrected chi connectivity index (χ1v) is 24.3. The molecule has 1 nitrogen and oxygen atoms in total. The second kappa shape index (κ2) is 15.7. The molecule has 0 N–H and O–H groups in total. The summed E-state index contributed by atoms with van der Waals surface area (Å²) in [6.45, 7) is 9.59. The molecule has 11 aromatic rings. The fourth-order valence-electron chi connectivity index (χ4n) is 11.6. The van der Waals surface area contributed by atoms with E-state index >= 15 is 0 Å². The molecule has 0 spiro atoms. The van der Waals surface area contributed by atoms with Crippen LogP contribution in [0.4, 0.5) is 17.1 Å². The van der Waals surface area contributed by atoms with Crippen molar-refractivity contribution >= 4 is 38.6 Å². The molecule has 0 aliphatic heterocycles. The summed E-state index contributed by atoms with van der Waals surface area (Å²) in [5.74, 6) is 0. The van der Waals surface area contributed by atoms with Gasteiger partial charge in [-0.1, -0.05) is 204 Å². The monoisotopic (exact) mass is 881 g/mol. The van der Waals surface area contributed by atoms with Crippen LogP contribution in [0.15, 0.2) is 237 Å². The molecule has 0 heterocycles. The molecular weight excluding hydrogens is 831 g/mol. The number of anilines is 3. The maximum atomic E-state index is 2.47. The van der Waals surface area contributed by atoms with Gasteiger partial charge in [0.2, 0.25) is 0 Å². The Labute approximate surface area is 405 Å². The largest absolute Gasteiger partial charge is 0.310 e. The number of nitrogens with zero attached hydrogens (tertiary/aromatic N) is 1. The Kier molecular flexibility index (Phi) is 9.30. The molecule has 11 aromatic carbocycles. The fraction of sp³-hybridized carbons (Fsp3) is 0.0882. The van der Waals surface area contributed by atoms with Crippen LogP contribution in [0, 0.1) is 0 Å². The zero-order valence-electron chi connectivity index (χ0n) is 39.5. The number of rotatable bonds is 7. The van der Waals surface area contributed by atoms with Crippen molar-refractivity contribution in [2.75, 3.05) is 4.90 Å². The zero-order valence-corrected chi connectivity index (χ0v) is 39.5. The lowest BCUT2D eigenvalue weighted by molar-refractivity contribution is 0.660. The summed E-state index contributed by atoms with van der Waals surface area (Å²) in [4.78, 5) is 2.47. The van der Waals surface area contributed by atoms with Gasteiger partial charge in [0, 0.05) is 27.9 Å². The third kappa shape index (κ3) is 6.75. The van der Waals surface area contributed by atoms with Gasteiger partial charge in [0.15, 0.2) is 0 Å². The molecule has 0 radical (unpaired) electrons. The Morgan fingerprint density at radius 1 is 0.232 bits per heavy atom. The highest BCUT2D eigenvalue weighted by Crippen LogP contribution is 2.54. The molecule has 0 saturated carbocycles. The summed E-state index contributed by atoms with van der Waals surface area (Å²) >= 11 is 0. The van der Waals surface area contributed by atoms with E-state index in [1.165, 1.54) is 111 Å². The second-order valence-corrected chi connectivity index (χ2v) is 20.2. The summed E-state index contributed by atoms with van der Waals surface area (Å²) in [6.07, 6.45) is 0. The number of hydrogen-bond donors (Lipinski definition) is 0. The van der Waals surface area contributed by atoms with Crippen molar-refractivity contribution in [3.63, 3.8) is 0 Å². The van der Waals surface area contributed by atoms with Gasteiger partial charge in [-0.3, -0.25) is 0 Å². The van der Waals surface area contributed by atoms with Crippen LogP contribution in [0.2, 0.25) is 0 Å². The molecule has 0 fully saturated rings. The number of hydrogen-bond acceptors (Lipinski definition) is 1. The van der Waals surface area contributed by atoms with Gasteiger partial charge < -0.3 is 4.90 Å². The average molecular weight is 882 g/mol. The van der Waals surface area contributed by atoms with E-state index in [2.05, 4.69) is 269 Å². The summed E-state index contributed by atoms with van der Waals surface area (Å²) in [5.41, 5.74) is 23.5. The SMILES string of the molecule is CC1(C)c2cc(-c3ccc4ccccc4c3)ccc2-c2ccc(N(c3ccc(-c4ccc(-c5ccccc5)cc4)cc3)c3ccc4c(c3)C(C)(C)c3cc(-c5ccc6ccccc6c5)ccc3-4)cc21. The van der Waals surface area contributed by atoms with Crippen LogP contribution in [0.1, 0.15) is 49.9 Å². The summed E-state index contributed by atoms with van der Waals surface area (Å²) in [5, 5.41) is 5.06. The number of benzene rings is 11. The van der Waals surface area contributed by atoms with Gasteiger partial charge in [-0.25, -0.2) is 0 Å². The molecule has 0 bridgehead atoms. The highest BCUT2D eigenvalue weighted by atomic mass is 15.1. The lowest BCUT2D eigenvalue weighted by Gasteiger charge is -2.30. The summed E-state index contributed by atoms with van der Waals surface area (Å²) in [6, 6.07) is 88.2. The minimum absolute atomic E-state index is 0.209. The van der Waals surface area contributed by atoms with Crippen LogP contribution in [-0.4, -0.2) is 0 Å². The van der Waals surface area contributed by atoms with Gasteiger partial charge in [0.1, 0.15) is 0 Å². The second-order valence-electron chi connectivity index (χ2n) is 20.2. The lowest BCUT2D eigenvalue weighted by atomic mass is 9.81. The highest BCUT2D eigenvalue weighted by molar-refractivity contribution is 5.93. The van der Waals surface area contributed by atoms with Crippen molar-refractivity contribution in [3.8, 4) is 66.8 Å². The van der Waals surface area contributed by atoms with E-state index in [4.69, 9.17) is 0 Å². The van der Waals surface area contributed by atoms with Gasteiger partial charge in [0.05, 0.1) is 0 Å². The van der Waals surface area contributed by atoms with E-state index in [1.807, 2.05) is 0 Å². The summed E-state index contributed by atoms with van der Waals surface area (Å²) < 4.78 is 0. The molecule has 328 valence electrons. The van der Waals surface area contributed by atoms with Gasteiger partial charge in [-0.15, -0.1) is 0 Å². The molecule has 0 atom stereocenters. The lowest BCUT2D eigenvalue weighted by Crippen LogP contribution is -2.18. The van der Waals surface area contributed by atoms with E-state index < -0.39 is 0 Å². The predicted molar refractivity (Wildman–Crippen MR) is 293 cm³/mol. The Hall–Kier alpha value is -8.26. The Morgan fingerprint density at radius 2 is 0.536 bits per heavy atom. The van der Waals surface area contributed by atoms with Crippen molar-refractivity contribution in [2.45, 2.75) is 38.5 Å². The van der Waals surface area contributed by atoms with Crippen LogP contribution >= 0.6 is 0 Å². The van der Waals surface area contributed by atoms with Crippen molar-refractivity contribution in [2.24, 2.45) is 0 Å². The van der Waals surface area contributed by atoms with Crippen LogP contribution in [-0.2, 0) is 10.8 Å². The maximum absolute atomic E-state index is 2.47.